The van der Waals surface area contributed by atoms with Crippen molar-refractivity contribution in [3.8, 4) is 0 Å². The number of hydrogen-bond donors (Lipinski definition) is 1. The predicted octanol–water partition coefficient (Wildman–Crippen LogP) is 4.75. The van der Waals surface area contributed by atoms with E-state index >= 15 is 0 Å². The lowest BCUT2D eigenvalue weighted by atomic mass is 10.0. The first-order valence-corrected chi connectivity index (χ1v) is 8.82. The standard InChI is InChI=1S/C18H35NO2/c1-3-5-7-9-11-14-17(13-10-8-6-4-2)18(20)21-16-12-15-19/h14H,3-13,15-16,19H2,1-2H3. The fourth-order valence-electron chi connectivity index (χ4n) is 2.22. The van der Waals surface area contributed by atoms with Crippen LogP contribution in [0.5, 0.6) is 0 Å². The van der Waals surface area contributed by atoms with Crippen molar-refractivity contribution in [2.75, 3.05) is 13.2 Å². The molecule has 0 aromatic rings. The molecule has 21 heavy (non-hydrogen) atoms. The van der Waals surface area contributed by atoms with Crippen LogP contribution < -0.4 is 5.73 Å². The minimum Gasteiger partial charge on any atom is -0.462 e. The number of hydrogen-bond acceptors (Lipinski definition) is 3. The van der Waals surface area contributed by atoms with Crippen LogP contribution in [-0.4, -0.2) is 19.1 Å². The summed E-state index contributed by atoms with van der Waals surface area (Å²) in [6, 6.07) is 0. The van der Waals surface area contributed by atoms with Gasteiger partial charge in [-0.25, -0.2) is 4.79 Å². The van der Waals surface area contributed by atoms with Gasteiger partial charge < -0.3 is 10.5 Å². The molecule has 0 saturated carbocycles. The average Bonchev–Trinajstić information content (AvgIpc) is 2.49. The van der Waals surface area contributed by atoms with Gasteiger partial charge >= 0.3 is 5.97 Å². The maximum atomic E-state index is 12.1. The van der Waals surface area contributed by atoms with Gasteiger partial charge in [0.2, 0.25) is 0 Å². The summed E-state index contributed by atoms with van der Waals surface area (Å²) in [6.45, 7) is 5.42. The first-order chi connectivity index (χ1) is 10.3. The molecule has 0 radical (unpaired) electrons. The Morgan fingerprint density at radius 1 is 0.952 bits per heavy atom. The Bertz CT molecular complexity index is 274. The van der Waals surface area contributed by atoms with Crippen LogP contribution in [0.2, 0.25) is 0 Å². The molecule has 2 N–H and O–H groups in total. The summed E-state index contributed by atoms with van der Waals surface area (Å²) in [5.74, 6) is -0.129. The van der Waals surface area contributed by atoms with Crippen molar-refractivity contribution in [3.05, 3.63) is 11.6 Å². The molecule has 3 heteroatoms. The Morgan fingerprint density at radius 2 is 1.62 bits per heavy atom. The highest BCUT2D eigenvalue weighted by atomic mass is 16.5. The van der Waals surface area contributed by atoms with E-state index in [0.29, 0.717) is 13.2 Å². The van der Waals surface area contributed by atoms with Crippen LogP contribution in [0.3, 0.4) is 0 Å². The summed E-state index contributed by atoms with van der Waals surface area (Å²) in [6.07, 6.45) is 14.4. The van der Waals surface area contributed by atoms with Gasteiger partial charge in [0, 0.05) is 5.57 Å². The monoisotopic (exact) mass is 297 g/mol. The molecule has 0 aromatic carbocycles. The van der Waals surface area contributed by atoms with Crippen molar-refractivity contribution in [2.24, 2.45) is 5.73 Å². The summed E-state index contributed by atoms with van der Waals surface area (Å²) in [7, 11) is 0. The molecular formula is C18H35NO2. The summed E-state index contributed by atoms with van der Waals surface area (Å²) in [5.41, 5.74) is 6.30. The van der Waals surface area contributed by atoms with Crippen LogP contribution in [0.4, 0.5) is 0 Å². The molecule has 0 aromatic heterocycles. The highest BCUT2D eigenvalue weighted by Crippen LogP contribution is 2.14. The van der Waals surface area contributed by atoms with Gasteiger partial charge in [-0.1, -0.05) is 58.4 Å². The predicted molar refractivity (Wildman–Crippen MR) is 90.2 cm³/mol. The molecule has 0 spiro atoms. The number of ether oxygens (including phenoxy) is 1. The second-order valence-corrected chi connectivity index (χ2v) is 5.67. The Labute approximate surface area is 131 Å². The molecule has 0 unspecified atom stereocenters. The van der Waals surface area contributed by atoms with Gasteiger partial charge in [-0.2, -0.15) is 0 Å². The van der Waals surface area contributed by atoms with E-state index in [1.54, 1.807) is 0 Å². The van der Waals surface area contributed by atoms with Crippen LogP contribution in [0.1, 0.15) is 84.5 Å². The highest BCUT2D eigenvalue weighted by Gasteiger charge is 2.10. The molecular weight excluding hydrogens is 262 g/mol. The number of unbranched alkanes of at least 4 members (excludes halogenated alkanes) is 7. The van der Waals surface area contributed by atoms with E-state index in [2.05, 4.69) is 19.9 Å². The number of rotatable bonds is 14. The van der Waals surface area contributed by atoms with Gasteiger partial charge in [0.1, 0.15) is 0 Å². The fourth-order valence-corrected chi connectivity index (χ4v) is 2.22. The zero-order chi connectivity index (χ0) is 15.8. The molecule has 0 saturated heterocycles. The zero-order valence-corrected chi connectivity index (χ0v) is 14.2. The molecule has 3 nitrogen and oxygen atoms in total. The number of esters is 1. The normalized spacial score (nSPS) is 11.7. The highest BCUT2D eigenvalue weighted by molar-refractivity contribution is 5.88. The van der Waals surface area contributed by atoms with E-state index in [9.17, 15) is 4.79 Å². The molecule has 0 atom stereocenters. The van der Waals surface area contributed by atoms with E-state index in [1.165, 1.54) is 44.9 Å². The van der Waals surface area contributed by atoms with Crippen molar-refractivity contribution in [2.45, 2.75) is 84.5 Å². The molecule has 0 rings (SSSR count). The van der Waals surface area contributed by atoms with Crippen LogP contribution in [0, 0.1) is 0 Å². The van der Waals surface area contributed by atoms with Gasteiger partial charge in [0.25, 0.3) is 0 Å². The molecule has 0 aliphatic heterocycles. The van der Waals surface area contributed by atoms with Gasteiger partial charge in [0.15, 0.2) is 0 Å². The van der Waals surface area contributed by atoms with Crippen LogP contribution >= 0.6 is 0 Å². The molecule has 0 aliphatic rings. The number of carbonyl (C=O) groups is 1. The van der Waals surface area contributed by atoms with Crippen LogP contribution in [-0.2, 0) is 9.53 Å². The maximum Gasteiger partial charge on any atom is 0.333 e. The Hall–Kier alpha value is -0.830. The lowest BCUT2D eigenvalue weighted by Crippen LogP contribution is -2.12. The molecule has 0 amide bonds. The first kappa shape index (κ1) is 20.2. The zero-order valence-electron chi connectivity index (χ0n) is 14.2. The second kappa shape index (κ2) is 15.6. The Morgan fingerprint density at radius 3 is 2.24 bits per heavy atom. The third kappa shape index (κ3) is 12.6. The molecule has 0 heterocycles. The SMILES string of the molecule is CCCCCCC=C(CCCCCC)C(=O)OCCCN. The van der Waals surface area contributed by atoms with Crippen molar-refractivity contribution in [1.82, 2.24) is 0 Å². The lowest BCUT2D eigenvalue weighted by molar-refractivity contribution is -0.139. The number of carbonyl (C=O) groups excluding carboxylic acids is 1. The van der Waals surface area contributed by atoms with Crippen molar-refractivity contribution >= 4 is 5.97 Å². The van der Waals surface area contributed by atoms with Crippen LogP contribution in [0.25, 0.3) is 0 Å². The molecule has 0 fully saturated rings. The summed E-state index contributed by atoms with van der Waals surface area (Å²) in [5, 5.41) is 0. The summed E-state index contributed by atoms with van der Waals surface area (Å²) >= 11 is 0. The van der Waals surface area contributed by atoms with Crippen molar-refractivity contribution in [1.29, 1.82) is 0 Å². The average molecular weight is 297 g/mol. The van der Waals surface area contributed by atoms with Gasteiger partial charge in [-0.05, 0) is 38.6 Å². The van der Waals surface area contributed by atoms with Crippen LogP contribution in [0.15, 0.2) is 11.6 Å². The summed E-state index contributed by atoms with van der Waals surface area (Å²) in [4.78, 5) is 12.1. The number of allylic oxidation sites excluding steroid dienone is 1. The third-order valence-corrected chi connectivity index (χ3v) is 3.59. The first-order valence-electron chi connectivity index (χ1n) is 8.82. The number of nitrogens with two attached hydrogens (primary N) is 1. The smallest absolute Gasteiger partial charge is 0.333 e. The van der Waals surface area contributed by atoms with E-state index in [0.717, 1.165) is 31.3 Å². The van der Waals surface area contributed by atoms with E-state index in [1.807, 2.05) is 0 Å². The van der Waals surface area contributed by atoms with Gasteiger partial charge in [-0.3, -0.25) is 0 Å². The minimum atomic E-state index is -0.129. The maximum absolute atomic E-state index is 12.1. The summed E-state index contributed by atoms with van der Waals surface area (Å²) < 4.78 is 5.29. The van der Waals surface area contributed by atoms with E-state index < -0.39 is 0 Å². The minimum absolute atomic E-state index is 0.129. The second-order valence-electron chi connectivity index (χ2n) is 5.67. The molecule has 124 valence electrons. The Kier molecular flexibility index (Phi) is 14.9. The lowest BCUT2D eigenvalue weighted by Gasteiger charge is -2.08. The Balaban J connectivity index is 4.17. The third-order valence-electron chi connectivity index (χ3n) is 3.59. The molecule has 0 aliphatic carbocycles. The van der Waals surface area contributed by atoms with Crippen molar-refractivity contribution in [3.63, 3.8) is 0 Å². The molecule has 0 bridgehead atoms. The quantitative estimate of drug-likeness (QED) is 0.286. The van der Waals surface area contributed by atoms with E-state index in [4.69, 9.17) is 10.5 Å². The topological polar surface area (TPSA) is 52.3 Å². The largest absolute Gasteiger partial charge is 0.462 e. The van der Waals surface area contributed by atoms with Gasteiger partial charge in [-0.15, -0.1) is 0 Å². The fraction of sp³-hybridized carbons (Fsp3) is 0.833. The van der Waals surface area contributed by atoms with Crippen molar-refractivity contribution < 1.29 is 9.53 Å². The van der Waals surface area contributed by atoms with E-state index in [-0.39, 0.29) is 5.97 Å². The van der Waals surface area contributed by atoms with Gasteiger partial charge in [0.05, 0.1) is 6.61 Å².